The van der Waals surface area contributed by atoms with Crippen LogP contribution in [-0.2, 0) is 0 Å². The van der Waals surface area contributed by atoms with E-state index in [0.29, 0.717) is 12.1 Å². The van der Waals surface area contributed by atoms with Gasteiger partial charge in [0.15, 0.2) is 0 Å². The lowest BCUT2D eigenvalue weighted by Crippen LogP contribution is -2.30. The van der Waals surface area contributed by atoms with Gasteiger partial charge in [0.05, 0.1) is 12.7 Å². The van der Waals surface area contributed by atoms with Gasteiger partial charge in [0.2, 0.25) is 0 Å². The van der Waals surface area contributed by atoms with Crippen LogP contribution in [-0.4, -0.2) is 37.7 Å². The summed E-state index contributed by atoms with van der Waals surface area (Å²) in [5, 5.41) is 5.93. The topological polar surface area (TPSA) is 55.3 Å². The van der Waals surface area contributed by atoms with Crippen LogP contribution in [0.3, 0.4) is 0 Å². The summed E-state index contributed by atoms with van der Waals surface area (Å²) in [6, 6.07) is 9.74. The zero-order valence-corrected chi connectivity index (χ0v) is 13.6. The number of nitrogens with zero attached hydrogens (tertiary/aromatic N) is 1. The Balaban J connectivity index is 2.28. The Morgan fingerprint density at radius 2 is 1.86 bits per heavy atom. The molecule has 0 saturated carbocycles. The first kappa shape index (κ1) is 16.1. The summed E-state index contributed by atoms with van der Waals surface area (Å²) in [7, 11) is 3.51. The summed E-state index contributed by atoms with van der Waals surface area (Å²) < 4.78 is 7.26. The highest BCUT2D eigenvalue weighted by molar-refractivity contribution is 5.95. The monoisotopic (exact) mass is 301 g/mol. The van der Waals surface area contributed by atoms with E-state index in [9.17, 15) is 4.79 Å². The summed E-state index contributed by atoms with van der Waals surface area (Å²) in [5.41, 5.74) is 3.69. The van der Waals surface area contributed by atoms with Gasteiger partial charge < -0.3 is 19.9 Å². The molecular formula is C17H23N3O2. The number of rotatable bonds is 6. The molecule has 1 aromatic heterocycles. The van der Waals surface area contributed by atoms with Crippen LogP contribution in [0.25, 0.3) is 5.69 Å². The van der Waals surface area contributed by atoms with E-state index in [1.54, 1.807) is 7.11 Å². The summed E-state index contributed by atoms with van der Waals surface area (Å²) in [5.74, 6) is 0.777. The molecule has 2 N–H and O–H groups in total. The Hall–Kier alpha value is -2.27. The number of nitrogens with one attached hydrogen (secondary N) is 2. The van der Waals surface area contributed by atoms with Crippen molar-refractivity contribution in [2.45, 2.75) is 13.8 Å². The second kappa shape index (κ2) is 7.13. The summed E-state index contributed by atoms with van der Waals surface area (Å²) >= 11 is 0. The van der Waals surface area contributed by atoms with Gasteiger partial charge in [-0.2, -0.15) is 0 Å². The standard InChI is InChI=1S/C17H23N3O2/c1-12-11-16(17(21)19-10-9-18-3)13(2)20(12)14-5-7-15(22-4)8-6-14/h5-8,11,18H,9-10H2,1-4H3,(H,19,21). The maximum absolute atomic E-state index is 12.3. The fraction of sp³-hybridized carbons (Fsp3) is 0.353. The van der Waals surface area contributed by atoms with E-state index < -0.39 is 0 Å². The third-order valence-electron chi connectivity index (χ3n) is 3.67. The van der Waals surface area contributed by atoms with Gasteiger partial charge in [0.25, 0.3) is 5.91 Å². The molecule has 0 aliphatic carbocycles. The molecule has 0 spiro atoms. The number of hydrogen-bond acceptors (Lipinski definition) is 3. The van der Waals surface area contributed by atoms with Crippen LogP contribution in [0.2, 0.25) is 0 Å². The maximum atomic E-state index is 12.3. The van der Waals surface area contributed by atoms with Crippen LogP contribution in [0.5, 0.6) is 5.75 Å². The molecule has 22 heavy (non-hydrogen) atoms. The highest BCUT2D eigenvalue weighted by Gasteiger charge is 2.16. The molecule has 2 rings (SSSR count). The highest BCUT2D eigenvalue weighted by atomic mass is 16.5. The quantitative estimate of drug-likeness (QED) is 0.803. The van der Waals surface area contributed by atoms with Crippen molar-refractivity contribution in [1.82, 2.24) is 15.2 Å². The average molecular weight is 301 g/mol. The second-order valence-corrected chi connectivity index (χ2v) is 5.18. The lowest BCUT2D eigenvalue weighted by molar-refractivity contribution is 0.0953. The minimum absolute atomic E-state index is 0.0388. The second-order valence-electron chi connectivity index (χ2n) is 5.18. The van der Waals surface area contributed by atoms with E-state index in [0.717, 1.165) is 29.4 Å². The molecule has 1 heterocycles. The average Bonchev–Trinajstić information content (AvgIpc) is 2.82. The first-order chi connectivity index (χ1) is 10.6. The number of benzene rings is 1. The van der Waals surface area contributed by atoms with Crippen molar-refractivity contribution in [3.63, 3.8) is 0 Å². The SMILES string of the molecule is CNCCNC(=O)c1cc(C)n(-c2ccc(OC)cc2)c1C. The van der Waals surface area contributed by atoms with Crippen LogP contribution in [0.4, 0.5) is 0 Å². The summed E-state index contributed by atoms with van der Waals surface area (Å²) in [4.78, 5) is 12.3. The van der Waals surface area contributed by atoms with E-state index in [4.69, 9.17) is 4.74 Å². The number of methoxy groups -OCH3 is 1. The van der Waals surface area contributed by atoms with Crippen molar-refractivity contribution >= 4 is 5.91 Å². The zero-order valence-electron chi connectivity index (χ0n) is 13.6. The molecule has 5 heteroatoms. The van der Waals surface area contributed by atoms with Crippen molar-refractivity contribution < 1.29 is 9.53 Å². The molecule has 0 aliphatic rings. The van der Waals surface area contributed by atoms with Gasteiger partial charge in [-0.3, -0.25) is 4.79 Å². The van der Waals surface area contributed by atoms with Crippen LogP contribution in [0.15, 0.2) is 30.3 Å². The van der Waals surface area contributed by atoms with Crippen LogP contribution >= 0.6 is 0 Å². The fourth-order valence-electron chi connectivity index (χ4n) is 2.52. The number of likely N-dealkylation sites (N-methyl/N-ethyl adjacent to an activating group) is 1. The number of carbonyl (C=O) groups is 1. The van der Waals surface area contributed by atoms with Crippen molar-refractivity contribution in [2.75, 3.05) is 27.2 Å². The van der Waals surface area contributed by atoms with E-state index >= 15 is 0 Å². The first-order valence-electron chi connectivity index (χ1n) is 7.34. The molecule has 1 aromatic carbocycles. The van der Waals surface area contributed by atoms with Crippen molar-refractivity contribution in [1.29, 1.82) is 0 Å². The Morgan fingerprint density at radius 3 is 2.45 bits per heavy atom. The van der Waals surface area contributed by atoms with Gasteiger partial charge in [-0.25, -0.2) is 0 Å². The number of aryl methyl sites for hydroxylation is 1. The first-order valence-corrected chi connectivity index (χ1v) is 7.34. The number of hydrogen-bond donors (Lipinski definition) is 2. The Morgan fingerprint density at radius 1 is 1.18 bits per heavy atom. The summed E-state index contributed by atoms with van der Waals surface area (Å²) in [6.07, 6.45) is 0. The number of ether oxygens (including phenoxy) is 1. The third-order valence-corrected chi connectivity index (χ3v) is 3.67. The Labute approximate surface area is 131 Å². The van der Waals surface area contributed by atoms with Gasteiger partial charge in [-0.1, -0.05) is 0 Å². The smallest absolute Gasteiger partial charge is 0.253 e. The molecule has 0 saturated heterocycles. The molecule has 118 valence electrons. The van der Waals surface area contributed by atoms with Gasteiger partial charge in [-0.15, -0.1) is 0 Å². The number of carbonyl (C=O) groups excluding carboxylic acids is 1. The van der Waals surface area contributed by atoms with Crippen molar-refractivity contribution in [3.8, 4) is 11.4 Å². The molecule has 1 amide bonds. The predicted molar refractivity (Wildman–Crippen MR) is 88.1 cm³/mol. The van der Waals surface area contributed by atoms with E-state index in [2.05, 4.69) is 15.2 Å². The maximum Gasteiger partial charge on any atom is 0.253 e. The van der Waals surface area contributed by atoms with Gasteiger partial charge in [0, 0.05) is 30.2 Å². The Kier molecular flexibility index (Phi) is 5.22. The highest BCUT2D eigenvalue weighted by Crippen LogP contribution is 2.22. The minimum atomic E-state index is -0.0388. The zero-order chi connectivity index (χ0) is 16.1. The van der Waals surface area contributed by atoms with Gasteiger partial charge in [-0.05, 0) is 51.2 Å². The molecule has 0 bridgehead atoms. The van der Waals surface area contributed by atoms with Gasteiger partial charge >= 0.3 is 0 Å². The van der Waals surface area contributed by atoms with Crippen molar-refractivity contribution in [2.24, 2.45) is 0 Å². The largest absolute Gasteiger partial charge is 0.497 e. The minimum Gasteiger partial charge on any atom is -0.497 e. The number of aromatic nitrogens is 1. The normalized spacial score (nSPS) is 10.5. The Bertz CT molecular complexity index is 645. The summed E-state index contributed by atoms with van der Waals surface area (Å²) in [6.45, 7) is 5.33. The van der Waals surface area contributed by atoms with E-state index in [-0.39, 0.29) is 5.91 Å². The fourth-order valence-corrected chi connectivity index (χ4v) is 2.52. The number of amides is 1. The molecular weight excluding hydrogens is 278 g/mol. The van der Waals surface area contributed by atoms with Crippen LogP contribution in [0.1, 0.15) is 21.7 Å². The molecule has 0 aliphatic heterocycles. The predicted octanol–water partition coefficient (Wildman–Crippen LogP) is 2.05. The third kappa shape index (κ3) is 3.31. The molecule has 5 nitrogen and oxygen atoms in total. The molecule has 0 atom stereocenters. The van der Waals surface area contributed by atoms with Crippen molar-refractivity contribution in [3.05, 3.63) is 47.3 Å². The van der Waals surface area contributed by atoms with Crippen LogP contribution < -0.4 is 15.4 Å². The molecule has 0 radical (unpaired) electrons. The lowest BCUT2D eigenvalue weighted by Gasteiger charge is -2.11. The van der Waals surface area contributed by atoms with E-state index in [1.165, 1.54) is 0 Å². The molecule has 0 unspecified atom stereocenters. The molecule has 2 aromatic rings. The van der Waals surface area contributed by atoms with Crippen LogP contribution in [0, 0.1) is 13.8 Å². The lowest BCUT2D eigenvalue weighted by atomic mass is 10.2. The van der Waals surface area contributed by atoms with Gasteiger partial charge in [0.1, 0.15) is 5.75 Å². The molecule has 0 fully saturated rings. The van der Waals surface area contributed by atoms with E-state index in [1.807, 2.05) is 51.2 Å².